The molecule has 0 unspecified atom stereocenters. The van der Waals surface area contributed by atoms with Gasteiger partial charge < -0.3 is 9.84 Å². The van der Waals surface area contributed by atoms with Crippen LogP contribution in [-0.4, -0.2) is 28.0 Å². The van der Waals surface area contributed by atoms with E-state index in [9.17, 15) is 9.90 Å². The maximum atomic E-state index is 12.9. The van der Waals surface area contributed by atoms with Crippen LogP contribution < -0.4 is 0 Å². The van der Waals surface area contributed by atoms with Crippen molar-refractivity contribution in [2.45, 2.75) is 59.0 Å². The van der Waals surface area contributed by atoms with Gasteiger partial charge in [-0.2, -0.15) is 0 Å². The summed E-state index contributed by atoms with van der Waals surface area (Å²) in [6.45, 7) is 9.84. The number of aromatic nitrogens is 1. The minimum atomic E-state index is -0.559. The highest BCUT2D eigenvalue weighted by atomic mass is 16.6. The summed E-state index contributed by atoms with van der Waals surface area (Å²) in [6.07, 6.45) is 0.864. The van der Waals surface area contributed by atoms with Crippen molar-refractivity contribution in [3.8, 4) is 11.1 Å². The number of carbonyl (C=O) groups is 1. The van der Waals surface area contributed by atoms with E-state index in [-0.39, 0.29) is 18.6 Å². The summed E-state index contributed by atoms with van der Waals surface area (Å²) in [5, 5.41) is 9.30. The van der Waals surface area contributed by atoms with Crippen molar-refractivity contribution in [3.63, 3.8) is 0 Å². The van der Waals surface area contributed by atoms with Gasteiger partial charge in [-0.3, -0.25) is 4.57 Å². The van der Waals surface area contributed by atoms with Crippen molar-refractivity contribution in [1.29, 1.82) is 0 Å². The second-order valence-corrected chi connectivity index (χ2v) is 7.59. The van der Waals surface area contributed by atoms with Gasteiger partial charge in [-0.25, -0.2) is 4.79 Å². The lowest BCUT2D eigenvalue weighted by molar-refractivity contribution is 0.0526. The van der Waals surface area contributed by atoms with Crippen molar-refractivity contribution in [2.24, 2.45) is 0 Å². The predicted octanol–water partition coefficient (Wildman–Crippen LogP) is 4.99. The van der Waals surface area contributed by atoms with Gasteiger partial charge in [0, 0.05) is 23.6 Å². The normalized spacial score (nSPS) is 11.8. The number of aliphatic hydroxyl groups excluding tert-OH is 1. The molecule has 0 saturated carbocycles. The smallest absolute Gasteiger partial charge is 0.418 e. The maximum absolute atomic E-state index is 12.9. The lowest BCUT2D eigenvalue weighted by Gasteiger charge is -2.22. The van der Waals surface area contributed by atoms with Gasteiger partial charge in [-0.05, 0) is 51.2 Å². The van der Waals surface area contributed by atoms with E-state index >= 15 is 0 Å². The van der Waals surface area contributed by atoms with Crippen LogP contribution in [0.2, 0.25) is 0 Å². The summed E-state index contributed by atoms with van der Waals surface area (Å²) in [5.74, 6) is 0.179. The van der Waals surface area contributed by atoms with E-state index < -0.39 is 5.60 Å². The Morgan fingerprint density at radius 3 is 2.36 bits per heavy atom. The number of ether oxygens (including phenoxy) is 1. The highest BCUT2D eigenvalue weighted by Crippen LogP contribution is 2.32. The lowest BCUT2D eigenvalue weighted by atomic mass is 10.0. The number of nitrogens with zero attached hydrogens (tertiary/aromatic N) is 1. The molecule has 0 atom stereocenters. The Morgan fingerprint density at radius 2 is 1.84 bits per heavy atom. The average Bonchev–Trinajstić information content (AvgIpc) is 2.92. The Morgan fingerprint density at radius 1 is 1.20 bits per heavy atom. The highest BCUT2D eigenvalue weighted by Gasteiger charge is 2.26. The van der Waals surface area contributed by atoms with E-state index in [0.717, 1.165) is 22.5 Å². The van der Waals surface area contributed by atoms with Gasteiger partial charge in [0.2, 0.25) is 0 Å². The number of aliphatic hydroxyl groups is 1. The third-order valence-electron chi connectivity index (χ3n) is 3.96. The summed E-state index contributed by atoms with van der Waals surface area (Å²) in [6, 6.07) is 12.1. The molecule has 4 nitrogen and oxygen atoms in total. The largest absolute Gasteiger partial charge is 0.443 e. The second kappa shape index (κ2) is 7.87. The van der Waals surface area contributed by atoms with Crippen molar-refractivity contribution < 1.29 is 14.6 Å². The van der Waals surface area contributed by atoms with Crippen LogP contribution in [-0.2, 0) is 11.2 Å². The van der Waals surface area contributed by atoms with Gasteiger partial charge in [0.1, 0.15) is 5.60 Å². The van der Waals surface area contributed by atoms with Gasteiger partial charge in [0.25, 0.3) is 0 Å². The summed E-state index contributed by atoms with van der Waals surface area (Å²) < 4.78 is 7.35. The van der Waals surface area contributed by atoms with Gasteiger partial charge in [0.05, 0.1) is 0 Å². The van der Waals surface area contributed by atoms with E-state index in [1.165, 1.54) is 0 Å². The van der Waals surface area contributed by atoms with Crippen molar-refractivity contribution in [1.82, 2.24) is 4.57 Å². The summed E-state index contributed by atoms with van der Waals surface area (Å²) in [5.41, 5.74) is 3.37. The molecule has 2 aromatic rings. The molecule has 1 aromatic heterocycles. The maximum Gasteiger partial charge on any atom is 0.418 e. The SMILES string of the molecule is CC(C)c1cc(-c2ccccc2)c(CCCO)n1C(=O)OC(C)(C)C. The Kier molecular flexibility index (Phi) is 6.07. The zero-order valence-electron chi connectivity index (χ0n) is 15.9. The van der Waals surface area contributed by atoms with Crippen LogP contribution in [0.15, 0.2) is 36.4 Å². The first-order valence-corrected chi connectivity index (χ1v) is 8.88. The van der Waals surface area contributed by atoms with E-state index in [1.54, 1.807) is 4.57 Å². The van der Waals surface area contributed by atoms with Crippen LogP contribution in [0.4, 0.5) is 4.79 Å². The Bertz CT molecular complexity index is 709. The molecule has 0 amide bonds. The molecular formula is C21H29NO3. The topological polar surface area (TPSA) is 51.5 Å². The number of carbonyl (C=O) groups excluding carboxylic acids is 1. The minimum absolute atomic E-state index is 0.0880. The number of hydrogen-bond donors (Lipinski definition) is 1. The van der Waals surface area contributed by atoms with Gasteiger partial charge in [-0.15, -0.1) is 0 Å². The van der Waals surface area contributed by atoms with Crippen LogP contribution in [0, 0.1) is 0 Å². The first kappa shape index (κ1) is 19.3. The summed E-state index contributed by atoms with van der Waals surface area (Å²) >= 11 is 0. The van der Waals surface area contributed by atoms with Crippen LogP contribution in [0.3, 0.4) is 0 Å². The molecule has 1 aromatic carbocycles. The lowest BCUT2D eigenvalue weighted by Crippen LogP contribution is -2.29. The van der Waals surface area contributed by atoms with E-state index in [2.05, 4.69) is 19.9 Å². The fourth-order valence-electron chi connectivity index (χ4n) is 2.88. The quantitative estimate of drug-likeness (QED) is 0.832. The second-order valence-electron chi connectivity index (χ2n) is 7.59. The molecule has 0 bridgehead atoms. The number of rotatable bonds is 5. The van der Waals surface area contributed by atoms with E-state index in [1.807, 2.05) is 51.1 Å². The summed E-state index contributed by atoms with van der Waals surface area (Å²) in [7, 11) is 0. The Labute approximate surface area is 150 Å². The molecule has 2 rings (SSSR count). The fraction of sp³-hybridized carbons (Fsp3) is 0.476. The van der Waals surface area contributed by atoms with Gasteiger partial charge >= 0.3 is 6.09 Å². The monoisotopic (exact) mass is 343 g/mol. The molecule has 136 valence electrons. The molecule has 0 aliphatic rings. The molecule has 4 heteroatoms. The first-order valence-electron chi connectivity index (χ1n) is 8.88. The number of benzene rings is 1. The molecule has 0 saturated heterocycles. The third-order valence-corrected chi connectivity index (χ3v) is 3.96. The Hall–Kier alpha value is -2.07. The molecule has 0 aliphatic carbocycles. The zero-order chi connectivity index (χ0) is 18.6. The molecule has 0 aliphatic heterocycles. The van der Waals surface area contributed by atoms with E-state index in [4.69, 9.17) is 4.74 Å². The van der Waals surface area contributed by atoms with Crippen molar-refractivity contribution in [3.05, 3.63) is 47.8 Å². The summed E-state index contributed by atoms with van der Waals surface area (Å²) in [4.78, 5) is 12.9. The van der Waals surface area contributed by atoms with Crippen LogP contribution in [0.25, 0.3) is 11.1 Å². The highest BCUT2D eigenvalue weighted by molar-refractivity contribution is 5.79. The molecule has 1 N–H and O–H groups in total. The molecule has 0 spiro atoms. The fourth-order valence-corrected chi connectivity index (χ4v) is 2.88. The third kappa shape index (κ3) is 4.73. The van der Waals surface area contributed by atoms with Gasteiger partial charge in [0.15, 0.2) is 0 Å². The zero-order valence-corrected chi connectivity index (χ0v) is 15.9. The van der Waals surface area contributed by atoms with Gasteiger partial charge in [-0.1, -0.05) is 44.2 Å². The first-order chi connectivity index (χ1) is 11.7. The molecule has 1 heterocycles. The van der Waals surface area contributed by atoms with Crippen LogP contribution in [0.5, 0.6) is 0 Å². The van der Waals surface area contributed by atoms with Crippen molar-refractivity contribution >= 4 is 6.09 Å². The molecular weight excluding hydrogens is 314 g/mol. The average molecular weight is 343 g/mol. The van der Waals surface area contributed by atoms with Crippen LogP contribution >= 0.6 is 0 Å². The Balaban J connectivity index is 2.61. The molecule has 0 fully saturated rings. The van der Waals surface area contributed by atoms with Crippen LogP contribution in [0.1, 0.15) is 58.3 Å². The molecule has 25 heavy (non-hydrogen) atoms. The number of hydrogen-bond acceptors (Lipinski definition) is 3. The van der Waals surface area contributed by atoms with Crippen molar-refractivity contribution in [2.75, 3.05) is 6.61 Å². The van der Waals surface area contributed by atoms with E-state index in [0.29, 0.717) is 12.8 Å². The predicted molar refractivity (Wildman–Crippen MR) is 101 cm³/mol. The molecule has 0 radical (unpaired) electrons. The minimum Gasteiger partial charge on any atom is -0.443 e. The standard InChI is InChI=1S/C21H29NO3/c1-15(2)19-14-17(16-10-7-6-8-11-16)18(12-9-13-23)22(19)20(24)25-21(3,4)5/h6-8,10-11,14-15,23H,9,12-13H2,1-5H3.